The van der Waals surface area contributed by atoms with Gasteiger partial charge in [0.25, 0.3) is 0 Å². The van der Waals surface area contributed by atoms with Crippen LogP contribution >= 0.6 is 0 Å². The Morgan fingerprint density at radius 3 is 2.50 bits per heavy atom. The van der Waals surface area contributed by atoms with Crippen LogP contribution in [0.4, 0.5) is 0 Å². The molecule has 1 aliphatic carbocycles. The second-order valence-electron chi connectivity index (χ2n) is 8.72. The molecule has 0 saturated carbocycles. The van der Waals surface area contributed by atoms with Gasteiger partial charge in [-0.25, -0.2) is 4.79 Å². The predicted octanol–water partition coefficient (Wildman–Crippen LogP) is 4.92. The lowest BCUT2D eigenvalue weighted by molar-refractivity contribution is -0.139. The molecule has 2 atom stereocenters. The Morgan fingerprint density at radius 2 is 1.85 bits per heavy atom. The van der Waals surface area contributed by atoms with Crippen molar-refractivity contribution in [3.8, 4) is 11.5 Å². The van der Waals surface area contributed by atoms with E-state index in [9.17, 15) is 9.59 Å². The molecule has 34 heavy (non-hydrogen) atoms. The van der Waals surface area contributed by atoms with Crippen LogP contribution in [0.25, 0.3) is 0 Å². The summed E-state index contributed by atoms with van der Waals surface area (Å²) in [6.45, 7) is 5.96. The maximum atomic E-state index is 13.6. The first-order chi connectivity index (χ1) is 16.4. The van der Waals surface area contributed by atoms with Gasteiger partial charge in [-0.2, -0.15) is 0 Å². The Kier molecular flexibility index (Phi) is 6.82. The normalized spacial score (nSPS) is 20.1. The lowest BCUT2D eigenvalue weighted by atomic mass is 9.73. The topological polar surface area (TPSA) is 87.0 Å². The van der Waals surface area contributed by atoms with Gasteiger partial charge in [-0.05, 0) is 62.4 Å². The third-order valence-electron chi connectivity index (χ3n) is 6.41. The highest BCUT2D eigenvalue weighted by Gasteiger charge is 2.42. The van der Waals surface area contributed by atoms with Crippen LogP contribution in [0.5, 0.6) is 11.5 Å². The number of ether oxygens (including phenoxy) is 3. The molecular formula is C27H31NO6. The summed E-state index contributed by atoms with van der Waals surface area (Å²) in [5, 5.41) is 3.35. The number of allylic oxidation sites excluding steroid dienone is 3. The second-order valence-corrected chi connectivity index (χ2v) is 8.72. The van der Waals surface area contributed by atoms with Gasteiger partial charge in [0.05, 0.1) is 32.3 Å². The predicted molar refractivity (Wildman–Crippen MR) is 127 cm³/mol. The smallest absolute Gasteiger partial charge is 0.336 e. The molecule has 1 aromatic heterocycles. The summed E-state index contributed by atoms with van der Waals surface area (Å²) in [7, 11) is 3.19. The number of Topliss-reactive ketones (excluding diaryl/α,β-unsaturated/α-hetero) is 1. The largest absolute Gasteiger partial charge is 0.493 e. The molecule has 0 spiro atoms. The molecule has 1 N–H and O–H groups in total. The number of nitrogens with one attached hydrogen (secondary N) is 1. The number of aryl methyl sites for hydroxylation is 1. The van der Waals surface area contributed by atoms with Gasteiger partial charge < -0.3 is 23.9 Å². The molecule has 0 radical (unpaired) electrons. The Bertz CT molecular complexity index is 1170. The van der Waals surface area contributed by atoms with Crippen LogP contribution in [-0.4, -0.2) is 32.6 Å². The van der Waals surface area contributed by atoms with E-state index in [1.165, 1.54) is 0 Å². The summed E-state index contributed by atoms with van der Waals surface area (Å²) >= 11 is 0. The summed E-state index contributed by atoms with van der Waals surface area (Å²) in [5.74, 6) is 1.52. The van der Waals surface area contributed by atoms with E-state index in [0.717, 1.165) is 23.4 Å². The van der Waals surface area contributed by atoms with Crippen molar-refractivity contribution < 1.29 is 28.2 Å². The number of hydrogen-bond acceptors (Lipinski definition) is 7. The van der Waals surface area contributed by atoms with Crippen LogP contribution in [0.15, 0.2) is 57.3 Å². The molecule has 180 valence electrons. The highest BCUT2D eigenvalue weighted by Crippen LogP contribution is 2.46. The summed E-state index contributed by atoms with van der Waals surface area (Å²) in [6.07, 6.45) is 1.67. The molecule has 1 aliphatic heterocycles. The van der Waals surface area contributed by atoms with Crippen LogP contribution in [0, 0.1) is 6.92 Å². The van der Waals surface area contributed by atoms with E-state index < -0.39 is 11.9 Å². The summed E-state index contributed by atoms with van der Waals surface area (Å²) in [6, 6.07) is 9.44. The quantitative estimate of drug-likeness (QED) is 0.581. The Morgan fingerprint density at radius 1 is 1.09 bits per heavy atom. The molecular weight excluding hydrogens is 434 g/mol. The van der Waals surface area contributed by atoms with Crippen LogP contribution in [0.2, 0.25) is 0 Å². The summed E-state index contributed by atoms with van der Waals surface area (Å²) in [4.78, 5) is 26.6. The molecule has 2 aliphatic rings. The van der Waals surface area contributed by atoms with Gasteiger partial charge >= 0.3 is 5.97 Å². The maximum Gasteiger partial charge on any atom is 0.336 e. The van der Waals surface area contributed by atoms with Crippen LogP contribution in [0.3, 0.4) is 0 Å². The number of methoxy groups -OCH3 is 2. The molecule has 4 rings (SSSR count). The fourth-order valence-electron chi connectivity index (χ4n) is 4.82. The first-order valence-corrected chi connectivity index (χ1v) is 11.6. The fourth-order valence-corrected chi connectivity index (χ4v) is 4.82. The minimum atomic E-state index is -0.590. The molecule has 0 bridgehead atoms. The lowest BCUT2D eigenvalue weighted by Crippen LogP contribution is -2.36. The van der Waals surface area contributed by atoms with Gasteiger partial charge in [-0.3, -0.25) is 4.79 Å². The second kappa shape index (κ2) is 9.79. The standard InChI is InChI=1S/C27H31NO6/c1-6-11-33-27(30)24-16(3)28-19-12-18(17-8-10-21(31-4)23(14-17)32-5)13-20(29)25(19)26(24)22-9-7-15(2)34-22/h7-10,14,18,26,28H,6,11-13H2,1-5H3/t18-,26+/m0/s1. The van der Waals surface area contributed by atoms with Crippen LogP contribution in [0.1, 0.15) is 62.0 Å². The van der Waals surface area contributed by atoms with Crippen LogP contribution < -0.4 is 14.8 Å². The van der Waals surface area contributed by atoms with Gasteiger partial charge in [0.1, 0.15) is 11.5 Å². The van der Waals surface area contributed by atoms with Gasteiger partial charge in [0.2, 0.25) is 0 Å². The van der Waals surface area contributed by atoms with Crippen molar-refractivity contribution in [1.82, 2.24) is 5.32 Å². The van der Waals surface area contributed by atoms with E-state index in [2.05, 4.69) is 5.32 Å². The maximum absolute atomic E-state index is 13.6. The zero-order valence-electron chi connectivity index (χ0n) is 20.3. The van der Waals surface area contributed by atoms with E-state index in [0.29, 0.717) is 53.6 Å². The van der Waals surface area contributed by atoms with Crippen molar-refractivity contribution >= 4 is 11.8 Å². The molecule has 7 heteroatoms. The highest BCUT2D eigenvalue weighted by atomic mass is 16.5. The molecule has 0 fully saturated rings. The molecule has 0 unspecified atom stereocenters. The highest BCUT2D eigenvalue weighted by molar-refractivity contribution is 6.04. The number of ketones is 1. The zero-order chi connectivity index (χ0) is 24.4. The zero-order valence-corrected chi connectivity index (χ0v) is 20.3. The average Bonchev–Trinajstić information content (AvgIpc) is 3.26. The lowest BCUT2D eigenvalue weighted by Gasteiger charge is -2.35. The third kappa shape index (κ3) is 4.34. The van der Waals surface area contributed by atoms with Crippen molar-refractivity contribution in [1.29, 1.82) is 0 Å². The SMILES string of the molecule is CCCOC(=O)C1=C(C)NC2=C(C(=O)C[C@@H](c3ccc(OC)c(OC)c3)C2)[C@@H]1c1ccc(C)o1. The van der Waals surface area contributed by atoms with E-state index >= 15 is 0 Å². The van der Waals surface area contributed by atoms with Crippen molar-refractivity contribution in [3.05, 3.63) is 70.0 Å². The fraction of sp³-hybridized carbons (Fsp3) is 0.407. The van der Waals surface area contributed by atoms with E-state index in [-0.39, 0.29) is 11.7 Å². The minimum Gasteiger partial charge on any atom is -0.493 e. The Labute approximate surface area is 199 Å². The van der Waals surface area contributed by atoms with Crippen molar-refractivity contribution in [2.45, 2.75) is 51.9 Å². The number of benzene rings is 1. The van der Waals surface area contributed by atoms with Crippen LogP contribution in [-0.2, 0) is 14.3 Å². The number of esters is 1. The van der Waals surface area contributed by atoms with Gasteiger partial charge in [0, 0.05) is 23.4 Å². The first kappa shape index (κ1) is 23.7. The monoisotopic (exact) mass is 465 g/mol. The van der Waals surface area contributed by atoms with Crippen molar-refractivity contribution in [3.63, 3.8) is 0 Å². The summed E-state index contributed by atoms with van der Waals surface area (Å²) < 4.78 is 22.2. The number of carbonyl (C=O) groups is 2. The van der Waals surface area contributed by atoms with Gasteiger partial charge in [-0.15, -0.1) is 0 Å². The average molecular weight is 466 g/mol. The first-order valence-electron chi connectivity index (χ1n) is 11.6. The van der Waals surface area contributed by atoms with Gasteiger partial charge in [-0.1, -0.05) is 13.0 Å². The molecule has 0 amide bonds. The molecule has 7 nitrogen and oxygen atoms in total. The number of hydrogen-bond donors (Lipinski definition) is 1. The third-order valence-corrected chi connectivity index (χ3v) is 6.41. The number of rotatable bonds is 7. The number of dihydropyridines is 1. The number of carbonyl (C=O) groups excluding carboxylic acids is 2. The number of furan rings is 1. The van der Waals surface area contributed by atoms with E-state index in [1.807, 2.05) is 51.1 Å². The van der Waals surface area contributed by atoms with Crippen molar-refractivity contribution in [2.75, 3.05) is 20.8 Å². The summed E-state index contributed by atoms with van der Waals surface area (Å²) in [5.41, 5.74) is 3.51. The van der Waals surface area contributed by atoms with Gasteiger partial charge in [0.15, 0.2) is 17.3 Å². The minimum absolute atomic E-state index is 0.0131. The molecule has 2 heterocycles. The molecule has 2 aromatic rings. The van der Waals surface area contributed by atoms with E-state index in [4.69, 9.17) is 18.6 Å². The Hall–Kier alpha value is -3.48. The van der Waals surface area contributed by atoms with Crippen molar-refractivity contribution in [2.24, 2.45) is 0 Å². The molecule has 0 saturated heterocycles. The molecule has 1 aromatic carbocycles. The van der Waals surface area contributed by atoms with E-state index in [1.54, 1.807) is 14.2 Å². The Balaban J connectivity index is 1.74.